The van der Waals surface area contributed by atoms with Crippen LogP contribution in [0.1, 0.15) is 15.9 Å². The molecule has 0 N–H and O–H groups in total. The molecule has 0 bridgehead atoms. The van der Waals surface area contributed by atoms with Crippen molar-refractivity contribution in [1.29, 1.82) is 0 Å². The summed E-state index contributed by atoms with van der Waals surface area (Å²) in [6, 6.07) is 12.2. The van der Waals surface area contributed by atoms with Gasteiger partial charge in [-0.1, -0.05) is 47.5 Å². The van der Waals surface area contributed by atoms with Crippen LogP contribution in [-0.2, 0) is 11.3 Å². The maximum atomic E-state index is 12.1. The van der Waals surface area contributed by atoms with Crippen LogP contribution in [-0.4, -0.2) is 11.7 Å². The van der Waals surface area contributed by atoms with Crippen LogP contribution in [0.15, 0.2) is 42.5 Å². The quantitative estimate of drug-likeness (QED) is 0.793. The van der Waals surface area contributed by atoms with Gasteiger partial charge in [-0.05, 0) is 23.8 Å². The third-order valence-corrected chi connectivity index (χ3v) is 3.92. The van der Waals surface area contributed by atoms with E-state index >= 15 is 0 Å². The summed E-state index contributed by atoms with van der Waals surface area (Å²) in [5.41, 5.74) is 1.58. The first kappa shape index (κ1) is 13.2. The third kappa shape index (κ3) is 1.99. The lowest BCUT2D eigenvalue weighted by Gasteiger charge is -2.17. The molecule has 1 aliphatic rings. The first-order valence-electron chi connectivity index (χ1n) is 5.97. The number of halogens is 2. The van der Waals surface area contributed by atoms with Gasteiger partial charge in [0.05, 0.1) is 22.8 Å². The Hall–Kier alpha value is -1.84. The van der Waals surface area contributed by atoms with E-state index in [9.17, 15) is 9.59 Å². The van der Waals surface area contributed by atoms with E-state index in [2.05, 4.69) is 0 Å². The number of Topliss-reactive ketones (excluding diaryl/α,β-unsaturated/α-hetero) is 1. The van der Waals surface area contributed by atoms with Crippen LogP contribution in [0.5, 0.6) is 0 Å². The number of hydrogen-bond acceptors (Lipinski definition) is 2. The molecule has 0 unspecified atom stereocenters. The summed E-state index contributed by atoms with van der Waals surface area (Å²) >= 11 is 12.1. The minimum atomic E-state index is -0.576. The fraction of sp³-hybridized carbons (Fsp3) is 0.0667. The third-order valence-electron chi connectivity index (χ3n) is 3.24. The van der Waals surface area contributed by atoms with Gasteiger partial charge in [0.25, 0.3) is 11.7 Å². The summed E-state index contributed by atoms with van der Waals surface area (Å²) in [5, 5.41) is 0.853. The average molecular weight is 306 g/mol. The number of ketones is 1. The Balaban J connectivity index is 2.04. The van der Waals surface area contributed by atoms with Gasteiger partial charge in [-0.25, -0.2) is 0 Å². The molecule has 1 aliphatic heterocycles. The minimum Gasteiger partial charge on any atom is -0.300 e. The highest BCUT2D eigenvalue weighted by Gasteiger charge is 2.37. The molecule has 0 atom stereocenters. The summed E-state index contributed by atoms with van der Waals surface area (Å²) in [6.07, 6.45) is 0. The Morgan fingerprint density at radius 2 is 1.60 bits per heavy atom. The standard InChI is InChI=1S/C15H9Cl2NO2/c16-10-5-2-1-4-9(10)8-18-12-7-3-6-11(17)13(12)14(19)15(18)20/h1-7H,8H2. The number of anilines is 1. The van der Waals surface area contributed by atoms with Crippen molar-refractivity contribution in [2.75, 3.05) is 4.90 Å². The van der Waals surface area contributed by atoms with Crippen molar-refractivity contribution >= 4 is 40.6 Å². The molecule has 5 heteroatoms. The molecule has 0 fully saturated rings. The number of amides is 1. The molecular formula is C15H9Cl2NO2. The molecule has 0 aromatic heterocycles. The Morgan fingerprint density at radius 1 is 0.900 bits per heavy atom. The van der Waals surface area contributed by atoms with Crippen LogP contribution in [0.4, 0.5) is 5.69 Å². The molecule has 100 valence electrons. The smallest absolute Gasteiger partial charge is 0.299 e. The summed E-state index contributed by atoms with van der Waals surface area (Å²) < 4.78 is 0. The van der Waals surface area contributed by atoms with E-state index in [4.69, 9.17) is 23.2 Å². The van der Waals surface area contributed by atoms with E-state index in [-0.39, 0.29) is 12.1 Å². The maximum absolute atomic E-state index is 12.1. The molecule has 0 radical (unpaired) electrons. The Kier molecular flexibility index (Phi) is 3.24. The zero-order chi connectivity index (χ0) is 14.3. The molecule has 0 aliphatic carbocycles. The Labute approximate surface area is 125 Å². The number of carbonyl (C=O) groups excluding carboxylic acids is 2. The van der Waals surface area contributed by atoms with Crippen LogP contribution >= 0.6 is 23.2 Å². The topological polar surface area (TPSA) is 37.4 Å². The highest BCUT2D eigenvalue weighted by Crippen LogP contribution is 2.35. The van der Waals surface area contributed by atoms with Crippen LogP contribution in [0.25, 0.3) is 0 Å². The second-order valence-corrected chi connectivity index (χ2v) is 5.26. The van der Waals surface area contributed by atoms with Gasteiger partial charge in [0, 0.05) is 5.02 Å². The molecule has 20 heavy (non-hydrogen) atoms. The number of carbonyl (C=O) groups is 2. The molecule has 2 aromatic carbocycles. The summed E-state index contributed by atoms with van der Waals surface area (Å²) in [4.78, 5) is 25.5. The lowest BCUT2D eigenvalue weighted by atomic mass is 10.1. The van der Waals surface area contributed by atoms with Gasteiger partial charge in [-0.15, -0.1) is 0 Å². The van der Waals surface area contributed by atoms with Crippen molar-refractivity contribution in [1.82, 2.24) is 0 Å². The highest BCUT2D eigenvalue weighted by molar-refractivity contribution is 6.55. The first-order valence-corrected chi connectivity index (χ1v) is 6.73. The van der Waals surface area contributed by atoms with E-state index in [1.54, 1.807) is 24.3 Å². The predicted molar refractivity (Wildman–Crippen MR) is 78.4 cm³/mol. The Morgan fingerprint density at radius 3 is 2.35 bits per heavy atom. The maximum Gasteiger partial charge on any atom is 0.299 e. The van der Waals surface area contributed by atoms with E-state index in [1.807, 2.05) is 18.2 Å². The normalized spacial score (nSPS) is 13.8. The number of nitrogens with zero attached hydrogens (tertiary/aromatic N) is 1. The lowest BCUT2D eigenvalue weighted by Crippen LogP contribution is -2.29. The molecule has 0 saturated heterocycles. The molecule has 1 heterocycles. The van der Waals surface area contributed by atoms with E-state index in [0.29, 0.717) is 15.7 Å². The summed E-state index contributed by atoms with van der Waals surface area (Å²) in [6.45, 7) is 0.248. The number of fused-ring (bicyclic) bond motifs is 1. The van der Waals surface area contributed by atoms with Gasteiger partial charge in [0.1, 0.15) is 0 Å². The molecule has 0 spiro atoms. The van der Waals surface area contributed by atoms with E-state index in [1.165, 1.54) is 4.90 Å². The molecular weight excluding hydrogens is 297 g/mol. The molecule has 3 rings (SSSR count). The average Bonchev–Trinajstić information content (AvgIpc) is 2.67. The van der Waals surface area contributed by atoms with Crippen molar-refractivity contribution < 1.29 is 9.59 Å². The molecule has 0 saturated carbocycles. The van der Waals surface area contributed by atoms with Crippen LogP contribution in [0.3, 0.4) is 0 Å². The number of rotatable bonds is 2. The van der Waals surface area contributed by atoms with Crippen molar-refractivity contribution in [2.24, 2.45) is 0 Å². The molecule has 1 amide bonds. The largest absolute Gasteiger partial charge is 0.300 e. The van der Waals surface area contributed by atoms with E-state index in [0.717, 1.165) is 5.56 Å². The first-order chi connectivity index (χ1) is 9.59. The summed E-state index contributed by atoms with van der Waals surface area (Å²) in [7, 11) is 0. The van der Waals surface area contributed by atoms with Gasteiger partial charge >= 0.3 is 0 Å². The number of hydrogen-bond donors (Lipinski definition) is 0. The van der Waals surface area contributed by atoms with Gasteiger partial charge in [-0.3, -0.25) is 9.59 Å². The zero-order valence-corrected chi connectivity index (χ0v) is 11.8. The zero-order valence-electron chi connectivity index (χ0n) is 10.3. The summed E-state index contributed by atoms with van der Waals surface area (Å²) in [5.74, 6) is -1.15. The molecule has 3 nitrogen and oxygen atoms in total. The van der Waals surface area contributed by atoms with Gasteiger partial charge < -0.3 is 4.90 Å². The fourth-order valence-electron chi connectivity index (χ4n) is 2.26. The highest BCUT2D eigenvalue weighted by atomic mass is 35.5. The lowest BCUT2D eigenvalue weighted by molar-refractivity contribution is -0.114. The van der Waals surface area contributed by atoms with Crippen molar-refractivity contribution in [2.45, 2.75) is 6.54 Å². The Bertz CT molecular complexity index is 728. The van der Waals surface area contributed by atoms with Crippen molar-refractivity contribution in [3.63, 3.8) is 0 Å². The predicted octanol–water partition coefficient (Wildman–Crippen LogP) is 3.72. The van der Waals surface area contributed by atoms with Crippen LogP contribution in [0, 0.1) is 0 Å². The van der Waals surface area contributed by atoms with Crippen LogP contribution < -0.4 is 4.90 Å². The van der Waals surface area contributed by atoms with Gasteiger partial charge in [0.15, 0.2) is 0 Å². The molecule has 2 aromatic rings. The van der Waals surface area contributed by atoms with Crippen LogP contribution in [0.2, 0.25) is 10.0 Å². The van der Waals surface area contributed by atoms with Gasteiger partial charge in [-0.2, -0.15) is 0 Å². The fourth-order valence-corrected chi connectivity index (χ4v) is 2.71. The van der Waals surface area contributed by atoms with Crippen molar-refractivity contribution in [3.8, 4) is 0 Å². The van der Waals surface area contributed by atoms with Crippen molar-refractivity contribution in [3.05, 3.63) is 63.6 Å². The monoisotopic (exact) mass is 305 g/mol. The van der Waals surface area contributed by atoms with Gasteiger partial charge in [0.2, 0.25) is 0 Å². The second kappa shape index (κ2) is 4.93. The second-order valence-electron chi connectivity index (χ2n) is 4.45. The minimum absolute atomic E-state index is 0.248. The SMILES string of the molecule is O=C1C(=O)N(Cc2ccccc2Cl)c2cccc(Cl)c21. The van der Waals surface area contributed by atoms with E-state index < -0.39 is 11.7 Å². The number of benzene rings is 2.